The molecule has 0 fully saturated rings. The van der Waals surface area contributed by atoms with Gasteiger partial charge in [0.25, 0.3) is 0 Å². The minimum Gasteiger partial charge on any atom is -0.309 e. The van der Waals surface area contributed by atoms with Crippen molar-refractivity contribution < 1.29 is 0 Å². The third-order valence-corrected chi connectivity index (χ3v) is 17.6. The number of benzene rings is 15. The summed E-state index contributed by atoms with van der Waals surface area (Å²) in [6.45, 7) is 4.85. The molecule has 1 heteroatoms. The van der Waals surface area contributed by atoms with E-state index in [0.717, 1.165) is 17.1 Å². The predicted molar refractivity (Wildman–Crippen MR) is 343 cm³/mol. The summed E-state index contributed by atoms with van der Waals surface area (Å²) in [5, 5.41) is 17.5. The predicted octanol–water partition coefficient (Wildman–Crippen LogP) is 22.2. The van der Waals surface area contributed by atoms with E-state index in [1.165, 1.54) is 142 Å². The van der Waals surface area contributed by atoms with E-state index in [-0.39, 0.29) is 5.41 Å². The van der Waals surface area contributed by atoms with Gasteiger partial charge in [0.05, 0.1) is 11.4 Å². The summed E-state index contributed by atoms with van der Waals surface area (Å²) >= 11 is 0. The summed E-state index contributed by atoms with van der Waals surface area (Å²) in [5.74, 6) is 0. The fourth-order valence-corrected chi connectivity index (χ4v) is 13.8. The van der Waals surface area contributed by atoms with Crippen molar-refractivity contribution in [2.75, 3.05) is 4.90 Å². The second-order valence-electron chi connectivity index (χ2n) is 22.3. The Morgan fingerprint density at radius 1 is 0.250 bits per heavy atom. The van der Waals surface area contributed by atoms with Crippen LogP contribution in [0, 0.1) is 0 Å². The van der Waals surface area contributed by atoms with Crippen molar-refractivity contribution in [3.05, 3.63) is 296 Å². The Kier molecular flexibility index (Phi) is 10.4. The van der Waals surface area contributed by atoms with Crippen molar-refractivity contribution in [1.82, 2.24) is 0 Å². The van der Waals surface area contributed by atoms with Crippen LogP contribution in [0.2, 0.25) is 0 Å². The highest BCUT2D eigenvalue weighted by Gasteiger charge is 2.37. The molecule has 0 heterocycles. The molecule has 1 aliphatic rings. The third-order valence-electron chi connectivity index (χ3n) is 17.6. The molecule has 0 N–H and O–H groups in total. The maximum atomic E-state index is 2.55. The standard InChI is InChI=1S/C79H53N/c1-79(2)72-45-54(53-39-42-68-71(44-53)62-34-18-21-37-67(62)77-70(51-24-8-4-9-25-51)49-69(50-22-6-3-7-23-50)76(78(68)77)52-26-10-5-11-27-52)38-41-63(72)64-43-40-57(48-73(64)79)80(74-46-55-28-12-14-30-58(55)60-32-16-19-35-65(60)74)75-47-56-29-13-15-31-59(56)61-33-17-20-36-66(61)75/h3-49H,1-2H3. The molecule has 0 spiro atoms. The topological polar surface area (TPSA) is 3.24 Å². The average Bonchev–Trinajstić information content (AvgIpc) is 3.91. The SMILES string of the molecule is CC1(C)c2cc(-c3ccc4c(c3)c3ccccc3c3c(-c5ccccc5)cc(-c5ccccc5)c(-c5ccccc5)c43)ccc2-c2ccc(N(c3cc4ccccc4c4ccccc34)c3cc4ccccc4c4ccccc34)cc21. The lowest BCUT2D eigenvalue weighted by Gasteiger charge is -2.31. The van der Waals surface area contributed by atoms with E-state index in [2.05, 4.69) is 304 Å². The fourth-order valence-electron chi connectivity index (χ4n) is 13.8. The van der Waals surface area contributed by atoms with Crippen molar-refractivity contribution in [2.24, 2.45) is 0 Å². The van der Waals surface area contributed by atoms with Crippen LogP contribution in [0.25, 0.3) is 131 Å². The van der Waals surface area contributed by atoms with Crippen molar-refractivity contribution >= 4 is 92.5 Å². The lowest BCUT2D eigenvalue weighted by molar-refractivity contribution is 0.660. The van der Waals surface area contributed by atoms with E-state index in [4.69, 9.17) is 0 Å². The zero-order valence-corrected chi connectivity index (χ0v) is 44.6. The highest BCUT2D eigenvalue weighted by atomic mass is 15.1. The van der Waals surface area contributed by atoms with Crippen molar-refractivity contribution in [3.63, 3.8) is 0 Å². The van der Waals surface area contributed by atoms with Gasteiger partial charge in [-0.25, -0.2) is 0 Å². The Morgan fingerprint density at radius 2 is 0.675 bits per heavy atom. The molecule has 0 atom stereocenters. The van der Waals surface area contributed by atoms with Crippen molar-refractivity contribution in [1.29, 1.82) is 0 Å². The van der Waals surface area contributed by atoms with Gasteiger partial charge in [-0.1, -0.05) is 257 Å². The fraction of sp³-hybridized carbons (Fsp3) is 0.0380. The molecule has 0 aromatic heterocycles. The molecule has 0 unspecified atom stereocenters. The van der Waals surface area contributed by atoms with E-state index < -0.39 is 0 Å². The summed E-state index contributed by atoms with van der Waals surface area (Å²) < 4.78 is 0. The molecule has 80 heavy (non-hydrogen) atoms. The first-order valence-electron chi connectivity index (χ1n) is 28.0. The molecular formula is C79H53N. The summed E-state index contributed by atoms with van der Waals surface area (Å²) in [6, 6.07) is 107. The van der Waals surface area contributed by atoms with Gasteiger partial charge in [0.2, 0.25) is 0 Å². The van der Waals surface area contributed by atoms with Gasteiger partial charge in [0, 0.05) is 21.9 Å². The molecule has 0 saturated carbocycles. The average molecular weight is 1020 g/mol. The lowest BCUT2D eigenvalue weighted by atomic mass is 9.80. The van der Waals surface area contributed by atoms with Gasteiger partial charge in [-0.05, 0) is 174 Å². The van der Waals surface area contributed by atoms with Crippen LogP contribution in [0.1, 0.15) is 25.0 Å². The van der Waals surface area contributed by atoms with Crippen molar-refractivity contribution in [2.45, 2.75) is 19.3 Å². The molecular weight excluding hydrogens is 963 g/mol. The Bertz CT molecular complexity index is 4890. The monoisotopic (exact) mass is 1020 g/mol. The van der Waals surface area contributed by atoms with Gasteiger partial charge in [-0.2, -0.15) is 0 Å². The number of hydrogen-bond acceptors (Lipinski definition) is 1. The van der Waals surface area contributed by atoms with Gasteiger partial charge in [0.1, 0.15) is 0 Å². The van der Waals surface area contributed by atoms with Crippen LogP contribution in [-0.2, 0) is 5.41 Å². The maximum absolute atomic E-state index is 2.55. The quantitative estimate of drug-likeness (QED) is 0.144. The second-order valence-corrected chi connectivity index (χ2v) is 22.3. The minimum atomic E-state index is -0.300. The van der Waals surface area contributed by atoms with Gasteiger partial charge in [0.15, 0.2) is 0 Å². The summed E-state index contributed by atoms with van der Waals surface area (Å²) in [5.41, 5.74) is 18.2. The Balaban J connectivity index is 0.886. The summed E-state index contributed by atoms with van der Waals surface area (Å²) in [4.78, 5) is 2.55. The lowest BCUT2D eigenvalue weighted by Crippen LogP contribution is -2.17. The molecule has 0 saturated heterocycles. The molecule has 0 amide bonds. The first-order valence-corrected chi connectivity index (χ1v) is 28.0. The molecule has 0 aliphatic heterocycles. The molecule has 15 aromatic rings. The van der Waals surface area contributed by atoms with Crippen LogP contribution in [0.4, 0.5) is 17.1 Å². The third kappa shape index (κ3) is 7.04. The van der Waals surface area contributed by atoms with Gasteiger partial charge >= 0.3 is 0 Å². The summed E-state index contributed by atoms with van der Waals surface area (Å²) in [6.07, 6.45) is 0. The van der Waals surface area contributed by atoms with Gasteiger partial charge in [-0.15, -0.1) is 0 Å². The number of rotatable bonds is 7. The smallest absolute Gasteiger partial charge is 0.0546 e. The Morgan fingerprint density at radius 3 is 1.26 bits per heavy atom. The highest BCUT2D eigenvalue weighted by Crippen LogP contribution is 2.55. The molecule has 374 valence electrons. The Labute approximate surface area is 465 Å². The van der Waals surface area contributed by atoms with Gasteiger partial charge in [-0.3, -0.25) is 0 Å². The van der Waals surface area contributed by atoms with Crippen molar-refractivity contribution in [3.8, 4) is 55.6 Å². The molecule has 1 nitrogen and oxygen atoms in total. The van der Waals surface area contributed by atoms with E-state index in [1.807, 2.05) is 0 Å². The molecule has 15 aromatic carbocycles. The second kappa shape index (κ2) is 18.0. The van der Waals surface area contributed by atoms with E-state index >= 15 is 0 Å². The zero-order valence-electron chi connectivity index (χ0n) is 44.6. The van der Waals surface area contributed by atoms with Crippen LogP contribution >= 0.6 is 0 Å². The zero-order chi connectivity index (χ0) is 53.1. The van der Waals surface area contributed by atoms with Crippen LogP contribution < -0.4 is 4.90 Å². The van der Waals surface area contributed by atoms with Crippen LogP contribution in [0.15, 0.2) is 285 Å². The first-order chi connectivity index (χ1) is 39.5. The minimum absolute atomic E-state index is 0.300. The molecule has 16 rings (SSSR count). The van der Waals surface area contributed by atoms with Crippen LogP contribution in [0.3, 0.4) is 0 Å². The van der Waals surface area contributed by atoms with E-state index in [1.54, 1.807) is 0 Å². The maximum Gasteiger partial charge on any atom is 0.0546 e. The number of nitrogens with zero attached hydrogens (tertiary/aromatic N) is 1. The molecule has 0 bridgehead atoms. The molecule has 1 aliphatic carbocycles. The Hall–Kier alpha value is -10.1. The van der Waals surface area contributed by atoms with E-state index in [9.17, 15) is 0 Å². The van der Waals surface area contributed by atoms with E-state index in [0.29, 0.717) is 0 Å². The van der Waals surface area contributed by atoms with Crippen LogP contribution in [-0.4, -0.2) is 0 Å². The normalized spacial score (nSPS) is 12.7. The number of fused-ring (bicyclic) bond motifs is 15. The number of hydrogen-bond donors (Lipinski definition) is 0. The highest BCUT2D eigenvalue weighted by molar-refractivity contribution is 6.33. The molecule has 0 radical (unpaired) electrons. The largest absolute Gasteiger partial charge is 0.309 e. The van der Waals surface area contributed by atoms with Gasteiger partial charge < -0.3 is 4.90 Å². The summed E-state index contributed by atoms with van der Waals surface area (Å²) in [7, 11) is 0. The first kappa shape index (κ1) is 46.1. The van der Waals surface area contributed by atoms with Crippen LogP contribution in [0.5, 0.6) is 0 Å². The number of anilines is 3.